The Morgan fingerprint density at radius 1 is 1.43 bits per heavy atom. The maximum Gasteiger partial charge on any atom is 0.246 e. The second kappa shape index (κ2) is 4.70. The van der Waals surface area contributed by atoms with Crippen LogP contribution in [0.2, 0.25) is 0 Å². The van der Waals surface area contributed by atoms with Crippen molar-refractivity contribution in [2.24, 2.45) is 5.73 Å². The minimum Gasteiger partial charge on any atom is -0.508 e. The first-order valence-electron chi connectivity index (χ1n) is 4.03. The summed E-state index contributed by atoms with van der Waals surface area (Å²) in [6.45, 7) is -0.188. The van der Waals surface area contributed by atoms with Crippen LogP contribution in [-0.4, -0.2) is 18.1 Å². The van der Waals surface area contributed by atoms with E-state index in [1.807, 2.05) is 0 Å². The van der Waals surface area contributed by atoms with Gasteiger partial charge in [-0.25, -0.2) is 8.78 Å². The van der Waals surface area contributed by atoms with Gasteiger partial charge in [-0.1, -0.05) is 22.0 Å². The van der Waals surface area contributed by atoms with Gasteiger partial charge >= 0.3 is 0 Å². The summed E-state index contributed by atoms with van der Waals surface area (Å²) < 4.78 is 25.6. The van der Waals surface area contributed by atoms with Gasteiger partial charge in [0.05, 0.1) is 5.92 Å². The number of phenolic OH excluding ortho intramolecular Hbond substituents is 1. The van der Waals surface area contributed by atoms with E-state index in [0.717, 1.165) is 0 Å². The number of aromatic hydroxyl groups is 1. The van der Waals surface area contributed by atoms with Crippen molar-refractivity contribution in [3.05, 3.63) is 28.2 Å². The quantitative estimate of drug-likeness (QED) is 0.882. The molecule has 0 aliphatic carbocycles. The molecule has 0 aromatic heterocycles. The van der Waals surface area contributed by atoms with E-state index in [1.165, 1.54) is 12.1 Å². The Kier molecular flexibility index (Phi) is 3.83. The highest BCUT2D eigenvalue weighted by Crippen LogP contribution is 2.31. The van der Waals surface area contributed by atoms with Gasteiger partial charge in [-0.05, 0) is 12.1 Å². The van der Waals surface area contributed by atoms with E-state index in [9.17, 15) is 13.9 Å². The molecule has 1 unspecified atom stereocenters. The molecule has 5 heteroatoms. The number of nitrogens with two attached hydrogens (primary N) is 1. The lowest BCUT2D eigenvalue weighted by Gasteiger charge is -2.15. The topological polar surface area (TPSA) is 46.2 Å². The Labute approximate surface area is 88.9 Å². The summed E-state index contributed by atoms with van der Waals surface area (Å²) in [5, 5.41) is 9.42. The Morgan fingerprint density at radius 2 is 2.07 bits per heavy atom. The fourth-order valence-electron chi connectivity index (χ4n) is 1.20. The van der Waals surface area contributed by atoms with Gasteiger partial charge < -0.3 is 10.8 Å². The van der Waals surface area contributed by atoms with Crippen LogP contribution in [0.15, 0.2) is 22.7 Å². The van der Waals surface area contributed by atoms with E-state index in [2.05, 4.69) is 15.9 Å². The molecule has 1 atom stereocenters. The highest BCUT2D eigenvalue weighted by molar-refractivity contribution is 9.10. The van der Waals surface area contributed by atoms with Gasteiger partial charge in [0, 0.05) is 16.6 Å². The van der Waals surface area contributed by atoms with E-state index in [-0.39, 0.29) is 17.9 Å². The van der Waals surface area contributed by atoms with Gasteiger partial charge in [0.25, 0.3) is 0 Å². The first-order valence-corrected chi connectivity index (χ1v) is 4.82. The van der Waals surface area contributed by atoms with Crippen LogP contribution in [0, 0.1) is 0 Å². The number of rotatable bonds is 3. The van der Waals surface area contributed by atoms with Crippen LogP contribution in [0.1, 0.15) is 11.5 Å². The molecule has 1 aromatic rings. The van der Waals surface area contributed by atoms with Gasteiger partial charge in [-0.2, -0.15) is 0 Å². The lowest BCUT2D eigenvalue weighted by molar-refractivity contribution is 0.116. The lowest BCUT2D eigenvalue weighted by atomic mass is 9.99. The smallest absolute Gasteiger partial charge is 0.246 e. The van der Waals surface area contributed by atoms with Crippen molar-refractivity contribution in [2.45, 2.75) is 12.3 Å². The number of halogens is 3. The average Bonchev–Trinajstić information content (AvgIpc) is 2.09. The molecule has 0 aliphatic rings. The summed E-state index contributed by atoms with van der Waals surface area (Å²) in [5.41, 5.74) is 5.40. The van der Waals surface area contributed by atoms with Crippen molar-refractivity contribution in [1.82, 2.24) is 0 Å². The number of hydrogen-bond acceptors (Lipinski definition) is 2. The number of benzene rings is 1. The molecule has 1 rings (SSSR count). The summed E-state index contributed by atoms with van der Waals surface area (Å²) in [6, 6.07) is 4.42. The standard InChI is InChI=1S/C9H10BrF2NO/c10-5-1-2-6(8(14)3-5)7(4-13)9(11)12/h1-3,7,9,14H,4,13H2. The average molecular weight is 266 g/mol. The minimum atomic E-state index is -2.56. The minimum absolute atomic E-state index is 0.157. The molecule has 0 aliphatic heterocycles. The van der Waals surface area contributed by atoms with Crippen LogP contribution in [0.3, 0.4) is 0 Å². The second-order valence-electron chi connectivity index (χ2n) is 2.88. The zero-order chi connectivity index (χ0) is 10.7. The van der Waals surface area contributed by atoms with Gasteiger partial charge in [-0.3, -0.25) is 0 Å². The fraction of sp³-hybridized carbons (Fsp3) is 0.333. The van der Waals surface area contributed by atoms with E-state index >= 15 is 0 Å². The fourth-order valence-corrected chi connectivity index (χ4v) is 1.54. The number of hydrogen-bond donors (Lipinski definition) is 2. The van der Waals surface area contributed by atoms with E-state index in [1.54, 1.807) is 6.07 Å². The van der Waals surface area contributed by atoms with Crippen molar-refractivity contribution in [3.8, 4) is 5.75 Å². The third kappa shape index (κ3) is 2.42. The van der Waals surface area contributed by atoms with Crippen LogP contribution in [0.5, 0.6) is 5.75 Å². The molecule has 0 radical (unpaired) electrons. The first kappa shape index (κ1) is 11.4. The Balaban J connectivity index is 3.04. The molecule has 0 saturated heterocycles. The molecule has 0 amide bonds. The SMILES string of the molecule is NCC(c1ccc(Br)cc1O)C(F)F. The molecule has 2 nitrogen and oxygen atoms in total. The first-order chi connectivity index (χ1) is 6.56. The summed E-state index contributed by atoms with van der Waals surface area (Å²) in [7, 11) is 0. The van der Waals surface area contributed by atoms with Crippen LogP contribution in [0.25, 0.3) is 0 Å². The third-order valence-electron chi connectivity index (χ3n) is 1.95. The van der Waals surface area contributed by atoms with Crippen LogP contribution in [0.4, 0.5) is 8.78 Å². The molecule has 0 saturated carbocycles. The molecule has 78 valence electrons. The van der Waals surface area contributed by atoms with Crippen molar-refractivity contribution in [1.29, 1.82) is 0 Å². The van der Waals surface area contributed by atoms with E-state index in [4.69, 9.17) is 5.73 Å². The Morgan fingerprint density at radius 3 is 2.50 bits per heavy atom. The largest absolute Gasteiger partial charge is 0.508 e. The Bertz CT molecular complexity index is 320. The van der Waals surface area contributed by atoms with Crippen molar-refractivity contribution >= 4 is 15.9 Å². The molecular formula is C9H10BrF2NO. The molecule has 1 aromatic carbocycles. The van der Waals surface area contributed by atoms with E-state index in [0.29, 0.717) is 4.47 Å². The number of phenols is 1. The van der Waals surface area contributed by atoms with Gasteiger partial charge in [-0.15, -0.1) is 0 Å². The van der Waals surface area contributed by atoms with Crippen LogP contribution in [-0.2, 0) is 0 Å². The molecule has 3 N–H and O–H groups in total. The monoisotopic (exact) mass is 265 g/mol. The van der Waals surface area contributed by atoms with Crippen molar-refractivity contribution in [3.63, 3.8) is 0 Å². The van der Waals surface area contributed by atoms with Crippen molar-refractivity contribution in [2.75, 3.05) is 6.54 Å². The van der Waals surface area contributed by atoms with Gasteiger partial charge in [0.15, 0.2) is 0 Å². The highest BCUT2D eigenvalue weighted by Gasteiger charge is 2.23. The Hall–Kier alpha value is -0.680. The van der Waals surface area contributed by atoms with Gasteiger partial charge in [0.2, 0.25) is 6.43 Å². The zero-order valence-electron chi connectivity index (χ0n) is 7.25. The summed E-state index contributed by atoms with van der Waals surface area (Å²) in [5.74, 6) is -1.27. The molecule has 0 spiro atoms. The maximum absolute atomic E-state index is 12.5. The summed E-state index contributed by atoms with van der Waals surface area (Å²) in [6.07, 6.45) is -2.56. The number of alkyl halides is 2. The zero-order valence-corrected chi connectivity index (χ0v) is 8.84. The molecule has 0 fully saturated rings. The molecule has 0 heterocycles. The van der Waals surface area contributed by atoms with Gasteiger partial charge in [0.1, 0.15) is 5.75 Å². The maximum atomic E-state index is 12.5. The normalized spacial score (nSPS) is 13.2. The molecule has 14 heavy (non-hydrogen) atoms. The van der Waals surface area contributed by atoms with Crippen molar-refractivity contribution < 1.29 is 13.9 Å². The second-order valence-corrected chi connectivity index (χ2v) is 3.80. The third-order valence-corrected chi connectivity index (χ3v) is 2.44. The summed E-state index contributed by atoms with van der Waals surface area (Å²) in [4.78, 5) is 0. The highest BCUT2D eigenvalue weighted by atomic mass is 79.9. The summed E-state index contributed by atoms with van der Waals surface area (Å²) >= 11 is 3.13. The molecular weight excluding hydrogens is 256 g/mol. The predicted molar refractivity (Wildman–Crippen MR) is 53.6 cm³/mol. The van der Waals surface area contributed by atoms with Crippen LogP contribution >= 0.6 is 15.9 Å². The lowest BCUT2D eigenvalue weighted by Crippen LogP contribution is -2.19. The van der Waals surface area contributed by atoms with E-state index < -0.39 is 12.3 Å². The molecule has 0 bridgehead atoms. The van der Waals surface area contributed by atoms with Crippen LogP contribution < -0.4 is 5.73 Å². The predicted octanol–water partition coefficient (Wildman–Crippen LogP) is 2.46.